The van der Waals surface area contributed by atoms with Crippen molar-refractivity contribution in [1.29, 1.82) is 0 Å². The summed E-state index contributed by atoms with van der Waals surface area (Å²) in [6.07, 6.45) is 12.1. The minimum absolute atomic E-state index is 0.412. The molecule has 0 radical (unpaired) electrons. The van der Waals surface area contributed by atoms with Gasteiger partial charge in [0.1, 0.15) is 0 Å². The quantitative estimate of drug-likeness (QED) is 0.485. The summed E-state index contributed by atoms with van der Waals surface area (Å²) in [4.78, 5) is 0.412. The fourth-order valence-corrected chi connectivity index (χ4v) is 1.18. The molecule has 1 heteroatoms. The third kappa shape index (κ3) is 2.86. The van der Waals surface area contributed by atoms with Crippen LogP contribution in [0, 0.1) is 0 Å². The van der Waals surface area contributed by atoms with Crippen molar-refractivity contribution in [2.45, 2.75) is 24.2 Å². The van der Waals surface area contributed by atoms with E-state index in [1.165, 1.54) is 19.3 Å². The second kappa shape index (κ2) is 3.90. The van der Waals surface area contributed by atoms with Crippen molar-refractivity contribution < 1.29 is 15.5 Å². The Kier molecular flexibility index (Phi) is 3.07. The van der Waals surface area contributed by atoms with E-state index in [9.17, 15) is 0 Å². The zero-order valence-corrected chi connectivity index (χ0v) is 6.31. The Morgan fingerprint density at radius 3 is 3.11 bits per heavy atom. The summed E-state index contributed by atoms with van der Waals surface area (Å²) in [7, 11) is 0. The van der Waals surface area contributed by atoms with Crippen molar-refractivity contribution in [3.8, 4) is 0 Å². The summed E-state index contributed by atoms with van der Waals surface area (Å²) in [5.74, 6) is 0. The van der Waals surface area contributed by atoms with E-state index in [4.69, 9.17) is 15.5 Å². The topological polar surface area (TPSA) is 0 Å². The molecule has 0 aliphatic heterocycles. The Morgan fingerprint density at radius 2 is 2.22 bits per heavy atom. The molecule has 0 spiro atoms. The Bertz CT molecular complexity index is 125. The van der Waals surface area contributed by atoms with Gasteiger partial charge in [0.05, 0.1) is 0 Å². The number of hydrogen-bond acceptors (Lipinski definition) is 0. The molecule has 0 nitrogen and oxygen atoms in total. The van der Waals surface area contributed by atoms with E-state index in [-0.39, 0.29) is 0 Å². The van der Waals surface area contributed by atoms with Crippen molar-refractivity contribution >= 4 is 0 Å². The molecule has 0 amide bonds. The molecule has 1 rings (SSSR count). The van der Waals surface area contributed by atoms with Crippen LogP contribution in [0.3, 0.4) is 0 Å². The van der Waals surface area contributed by atoms with Crippen molar-refractivity contribution in [2.24, 2.45) is 0 Å². The first-order valence-corrected chi connectivity index (χ1v) is 3.90. The first-order valence-electron chi connectivity index (χ1n) is 3.33. The Hall–Kier alpha value is -0.0265. The molecule has 52 valence electrons. The predicted octanol–water partition coefficient (Wildman–Crippen LogP) is 2.62. The van der Waals surface area contributed by atoms with Crippen molar-refractivity contribution in [3.05, 3.63) is 24.3 Å². The molecular formula is C8H11Ni+. The van der Waals surface area contributed by atoms with Gasteiger partial charge >= 0.3 is 63.9 Å². The van der Waals surface area contributed by atoms with Crippen molar-refractivity contribution in [2.75, 3.05) is 0 Å². The van der Waals surface area contributed by atoms with Crippen LogP contribution in [0.5, 0.6) is 0 Å². The summed E-state index contributed by atoms with van der Waals surface area (Å²) in [6.45, 7) is 0. The minimum atomic E-state index is 0.412. The first-order chi connectivity index (χ1) is 4.39. The molecule has 9 heavy (non-hydrogen) atoms. The van der Waals surface area contributed by atoms with E-state index < -0.39 is 0 Å². The summed E-state index contributed by atoms with van der Waals surface area (Å²) < 4.78 is 0. The SMILES string of the molecule is [Ni+][CH]1C=CC=CCCC1. The zero-order valence-electron chi connectivity index (χ0n) is 5.32. The van der Waals surface area contributed by atoms with Crippen LogP contribution in [0.4, 0.5) is 0 Å². The van der Waals surface area contributed by atoms with Crippen LogP contribution >= 0.6 is 0 Å². The summed E-state index contributed by atoms with van der Waals surface area (Å²) in [6, 6.07) is 0. The van der Waals surface area contributed by atoms with Crippen molar-refractivity contribution in [1.82, 2.24) is 0 Å². The molecule has 1 atom stereocenters. The number of hydrogen-bond donors (Lipinski definition) is 0. The molecule has 0 aromatic carbocycles. The van der Waals surface area contributed by atoms with Crippen LogP contribution in [0.2, 0.25) is 4.89 Å². The molecule has 0 aromatic rings. The standard InChI is InChI=1S/C8H11.Ni/c1-2-4-6-8-7-5-3-1;/h1-5H,6-8H2;/q;+1. The normalized spacial score (nSPS) is 27.6. The van der Waals surface area contributed by atoms with Crippen LogP contribution in [-0.2, 0) is 15.5 Å². The maximum absolute atomic E-state index is 4.83. The molecule has 1 aliphatic carbocycles. The van der Waals surface area contributed by atoms with Gasteiger partial charge in [0, 0.05) is 0 Å². The van der Waals surface area contributed by atoms with Gasteiger partial charge in [-0.3, -0.25) is 0 Å². The summed E-state index contributed by atoms with van der Waals surface area (Å²) in [5.41, 5.74) is 0. The Labute approximate surface area is 64.4 Å². The van der Waals surface area contributed by atoms with Crippen LogP contribution in [-0.4, -0.2) is 0 Å². The molecule has 0 aromatic heterocycles. The molecule has 0 heterocycles. The van der Waals surface area contributed by atoms with E-state index in [2.05, 4.69) is 24.3 Å². The second-order valence-corrected chi connectivity index (χ2v) is 2.95. The number of rotatable bonds is 0. The van der Waals surface area contributed by atoms with Gasteiger partial charge in [-0.15, -0.1) is 0 Å². The monoisotopic (exact) mass is 165 g/mol. The van der Waals surface area contributed by atoms with Gasteiger partial charge < -0.3 is 0 Å². The predicted molar refractivity (Wildman–Crippen MR) is 35.9 cm³/mol. The van der Waals surface area contributed by atoms with Gasteiger partial charge in [-0.05, 0) is 0 Å². The number of allylic oxidation sites excluding steroid dienone is 4. The van der Waals surface area contributed by atoms with E-state index in [1.807, 2.05) is 0 Å². The third-order valence-corrected chi connectivity index (χ3v) is 1.86. The van der Waals surface area contributed by atoms with Crippen LogP contribution in [0.1, 0.15) is 19.3 Å². The fraction of sp³-hybridized carbons (Fsp3) is 0.500. The van der Waals surface area contributed by atoms with Gasteiger partial charge in [-0.2, -0.15) is 0 Å². The molecule has 0 saturated heterocycles. The van der Waals surface area contributed by atoms with Crippen LogP contribution in [0.15, 0.2) is 24.3 Å². The Morgan fingerprint density at radius 1 is 1.33 bits per heavy atom. The molecule has 1 aliphatic rings. The molecule has 0 bridgehead atoms. The average Bonchev–Trinajstić information content (AvgIpc) is 1.79. The average molecular weight is 166 g/mol. The van der Waals surface area contributed by atoms with Crippen molar-refractivity contribution in [3.63, 3.8) is 0 Å². The van der Waals surface area contributed by atoms with Gasteiger partial charge in [0.2, 0.25) is 0 Å². The molecule has 0 N–H and O–H groups in total. The fourth-order valence-electron chi connectivity index (χ4n) is 0.867. The molecule has 0 saturated carbocycles. The van der Waals surface area contributed by atoms with Crippen LogP contribution in [0.25, 0.3) is 0 Å². The van der Waals surface area contributed by atoms with E-state index in [0.717, 1.165) is 0 Å². The zero-order chi connectivity index (χ0) is 6.53. The molecular weight excluding hydrogens is 155 g/mol. The van der Waals surface area contributed by atoms with E-state index >= 15 is 0 Å². The molecule has 1 unspecified atom stereocenters. The van der Waals surface area contributed by atoms with E-state index in [0.29, 0.717) is 4.89 Å². The van der Waals surface area contributed by atoms with Gasteiger partial charge in [-0.1, -0.05) is 0 Å². The molecule has 0 fully saturated rings. The third-order valence-electron chi connectivity index (χ3n) is 1.39. The van der Waals surface area contributed by atoms with E-state index in [1.54, 1.807) is 0 Å². The van der Waals surface area contributed by atoms with Gasteiger partial charge in [0.25, 0.3) is 0 Å². The van der Waals surface area contributed by atoms with Crippen LogP contribution < -0.4 is 0 Å². The Balaban J connectivity index is 2.44. The second-order valence-electron chi connectivity index (χ2n) is 2.21. The van der Waals surface area contributed by atoms with Gasteiger partial charge in [0.15, 0.2) is 0 Å². The van der Waals surface area contributed by atoms with Gasteiger partial charge in [-0.25, -0.2) is 0 Å². The maximum atomic E-state index is 4.83. The summed E-state index contributed by atoms with van der Waals surface area (Å²) in [5, 5.41) is 0. The first kappa shape index (κ1) is 7.08. The summed E-state index contributed by atoms with van der Waals surface area (Å²) >= 11 is 4.83.